The van der Waals surface area contributed by atoms with Crippen molar-refractivity contribution in [3.63, 3.8) is 0 Å². The van der Waals surface area contributed by atoms with Crippen molar-refractivity contribution >= 4 is 43.9 Å². The third-order valence-electron chi connectivity index (χ3n) is 14.2. The van der Waals surface area contributed by atoms with Crippen molar-refractivity contribution in [2.75, 3.05) is 0 Å². The van der Waals surface area contributed by atoms with Gasteiger partial charge in [0.25, 0.3) is 0 Å². The molecule has 0 N–H and O–H groups in total. The molecule has 0 amide bonds. The SMILES string of the molecule is c1ccc(-c2cc(-c3cccc4c3oc3c5c(ccc34)-c3ccccc3C53C4CC5CC(C4)CC3C5)cc(-c3cccc4oc5ccccc5c34)c2)cc1. The van der Waals surface area contributed by atoms with Crippen LogP contribution in [-0.2, 0) is 5.41 Å². The average molecular weight is 695 g/mol. The number of hydrogen-bond acceptors (Lipinski definition) is 2. The number of benzene rings is 7. The number of furan rings is 2. The fourth-order valence-electron chi connectivity index (χ4n) is 12.5. The van der Waals surface area contributed by atoms with Gasteiger partial charge < -0.3 is 8.83 Å². The van der Waals surface area contributed by atoms with E-state index in [9.17, 15) is 0 Å². The Morgan fingerprint density at radius 1 is 0.407 bits per heavy atom. The second kappa shape index (κ2) is 10.6. The molecule has 2 heterocycles. The van der Waals surface area contributed by atoms with Crippen LogP contribution in [0.15, 0.2) is 154 Å². The molecule has 1 spiro atoms. The topological polar surface area (TPSA) is 26.3 Å². The first-order valence-electron chi connectivity index (χ1n) is 19.9. The lowest BCUT2D eigenvalue weighted by molar-refractivity contribution is -0.0396. The van der Waals surface area contributed by atoms with Crippen molar-refractivity contribution in [2.24, 2.45) is 23.7 Å². The monoisotopic (exact) mass is 694 g/mol. The molecule has 14 rings (SSSR count). The molecule has 5 aliphatic carbocycles. The summed E-state index contributed by atoms with van der Waals surface area (Å²) in [5, 5.41) is 4.75. The Morgan fingerprint density at radius 2 is 1.04 bits per heavy atom. The molecule has 4 bridgehead atoms. The predicted molar refractivity (Wildman–Crippen MR) is 221 cm³/mol. The molecular weight excluding hydrogens is 657 g/mol. The minimum atomic E-state index is 0.0410. The van der Waals surface area contributed by atoms with E-state index in [0.717, 1.165) is 56.1 Å². The maximum Gasteiger partial charge on any atom is 0.143 e. The van der Waals surface area contributed by atoms with Crippen LogP contribution in [0.3, 0.4) is 0 Å². The van der Waals surface area contributed by atoms with Crippen LogP contribution >= 0.6 is 0 Å². The standard InChI is InChI=1S/C52H38O2/c1-2-10-32(11-3-1)33-27-34(38-14-9-19-47-48(38)44-13-5-7-18-46(44)53-47)29-35(28-33)39-15-8-16-42-43-21-20-41-40-12-4-6-17-45(40)52(49(41)51(43)54-50(39)42)36-23-30-22-31(25-36)26-37(52)24-30/h1-21,27-31,36-37H,22-26H2. The smallest absolute Gasteiger partial charge is 0.143 e. The van der Waals surface area contributed by atoms with E-state index in [0.29, 0.717) is 11.8 Å². The molecule has 2 heteroatoms. The van der Waals surface area contributed by atoms with Gasteiger partial charge in [0, 0.05) is 38.1 Å². The first kappa shape index (κ1) is 29.6. The predicted octanol–water partition coefficient (Wildman–Crippen LogP) is 14.2. The van der Waals surface area contributed by atoms with Crippen LogP contribution in [0, 0.1) is 23.7 Å². The Bertz CT molecular complexity index is 2980. The summed E-state index contributed by atoms with van der Waals surface area (Å²) in [5.74, 6) is 3.16. The highest BCUT2D eigenvalue weighted by Crippen LogP contribution is 2.70. The van der Waals surface area contributed by atoms with E-state index < -0.39 is 0 Å². The zero-order chi connectivity index (χ0) is 35.1. The highest BCUT2D eigenvalue weighted by molar-refractivity contribution is 6.15. The van der Waals surface area contributed by atoms with Crippen molar-refractivity contribution in [3.05, 3.63) is 157 Å². The molecule has 258 valence electrons. The summed E-state index contributed by atoms with van der Waals surface area (Å²) in [6.45, 7) is 0. The van der Waals surface area contributed by atoms with Crippen molar-refractivity contribution in [2.45, 2.75) is 37.5 Å². The van der Waals surface area contributed by atoms with Gasteiger partial charge in [-0.2, -0.15) is 0 Å². The van der Waals surface area contributed by atoms with Gasteiger partial charge >= 0.3 is 0 Å². The zero-order valence-electron chi connectivity index (χ0n) is 30.0. The number of hydrogen-bond donors (Lipinski definition) is 0. The molecule has 0 atom stereocenters. The van der Waals surface area contributed by atoms with Gasteiger partial charge in [-0.3, -0.25) is 0 Å². The Hall–Kier alpha value is -5.86. The average Bonchev–Trinajstić information content (AvgIpc) is 3.88. The third-order valence-corrected chi connectivity index (χ3v) is 14.2. The summed E-state index contributed by atoms with van der Waals surface area (Å²) in [5.41, 5.74) is 16.9. The van der Waals surface area contributed by atoms with Gasteiger partial charge in [-0.1, -0.05) is 109 Å². The van der Waals surface area contributed by atoms with Crippen LogP contribution in [-0.4, -0.2) is 0 Å². The summed E-state index contributed by atoms with van der Waals surface area (Å²) in [7, 11) is 0. The van der Waals surface area contributed by atoms with E-state index in [1.165, 1.54) is 81.8 Å². The molecule has 4 fully saturated rings. The highest BCUT2D eigenvalue weighted by atomic mass is 16.3. The minimum absolute atomic E-state index is 0.0410. The van der Waals surface area contributed by atoms with Gasteiger partial charge in [-0.05, 0) is 137 Å². The normalized spacial score (nSPS) is 23.6. The Kier molecular flexibility index (Phi) is 5.83. The number of para-hydroxylation sites is 2. The van der Waals surface area contributed by atoms with Crippen LogP contribution in [0.4, 0.5) is 0 Å². The molecule has 2 aromatic heterocycles. The fourth-order valence-corrected chi connectivity index (χ4v) is 12.5. The molecule has 0 radical (unpaired) electrons. The lowest BCUT2D eigenvalue weighted by Crippen LogP contribution is -2.55. The Labute approximate surface area is 314 Å². The van der Waals surface area contributed by atoms with E-state index in [-0.39, 0.29) is 5.41 Å². The highest BCUT2D eigenvalue weighted by Gasteiger charge is 2.62. The van der Waals surface area contributed by atoms with E-state index >= 15 is 0 Å². The zero-order valence-corrected chi connectivity index (χ0v) is 30.0. The molecule has 5 aliphatic rings. The first-order valence-corrected chi connectivity index (χ1v) is 19.9. The van der Waals surface area contributed by atoms with Gasteiger partial charge in [0.15, 0.2) is 0 Å². The molecule has 4 saturated carbocycles. The molecule has 0 aliphatic heterocycles. The van der Waals surface area contributed by atoms with Crippen LogP contribution in [0.2, 0.25) is 0 Å². The van der Waals surface area contributed by atoms with Crippen LogP contribution in [0.25, 0.3) is 88.4 Å². The van der Waals surface area contributed by atoms with Crippen LogP contribution in [0.5, 0.6) is 0 Å². The van der Waals surface area contributed by atoms with Crippen LogP contribution < -0.4 is 0 Å². The summed E-state index contributed by atoms with van der Waals surface area (Å²) < 4.78 is 13.8. The summed E-state index contributed by atoms with van der Waals surface area (Å²) >= 11 is 0. The van der Waals surface area contributed by atoms with Gasteiger partial charge in [-0.25, -0.2) is 0 Å². The van der Waals surface area contributed by atoms with E-state index in [2.05, 4.69) is 140 Å². The van der Waals surface area contributed by atoms with Crippen molar-refractivity contribution in [1.82, 2.24) is 0 Å². The maximum absolute atomic E-state index is 7.43. The largest absolute Gasteiger partial charge is 0.456 e. The maximum atomic E-state index is 7.43. The molecule has 54 heavy (non-hydrogen) atoms. The van der Waals surface area contributed by atoms with Crippen molar-refractivity contribution in [1.29, 1.82) is 0 Å². The summed E-state index contributed by atoms with van der Waals surface area (Å²) in [4.78, 5) is 0. The molecule has 7 aromatic carbocycles. The fraction of sp³-hybridized carbons (Fsp3) is 0.192. The molecule has 0 saturated heterocycles. The van der Waals surface area contributed by atoms with Crippen LogP contribution in [0.1, 0.15) is 43.2 Å². The molecule has 9 aromatic rings. The molecule has 0 unspecified atom stereocenters. The second-order valence-corrected chi connectivity index (χ2v) is 16.8. The van der Waals surface area contributed by atoms with Gasteiger partial charge in [0.2, 0.25) is 0 Å². The van der Waals surface area contributed by atoms with E-state index in [1.807, 2.05) is 6.07 Å². The Balaban J connectivity index is 1.07. The lowest BCUT2D eigenvalue weighted by atomic mass is 9.43. The lowest BCUT2D eigenvalue weighted by Gasteiger charge is -2.61. The second-order valence-electron chi connectivity index (χ2n) is 16.8. The van der Waals surface area contributed by atoms with Gasteiger partial charge in [0.1, 0.15) is 22.3 Å². The third kappa shape index (κ3) is 3.81. The minimum Gasteiger partial charge on any atom is -0.456 e. The number of fused-ring (bicyclic) bond motifs is 10. The van der Waals surface area contributed by atoms with Crippen molar-refractivity contribution in [3.8, 4) is 44.5 Å². The van der Waals surface area contributed by atoms with E-state index in [4.69, 9.17) is 8.83 Å². The molecular formula is C52H38O2. The first-order chi connectivity index (χ1) is 26.7. The number of rotatable bonds is 3. The van der Waals surface area contributed by atoms with Gasteiger partial charge in [-0.15, -0.1) is 0 Å². The Morgan fingerprint density at radius 3 is 1.89 bits per heavy atom. The summed E-state index contributed by atoms with van der Waals surface area (Å²) in [6, 6.07) is 53.6. The van der Waals surface area contributed by atoms with Crippen molar-refractivity contribution < 1.29 is 8.83 Å². The van der Waals surface area contributed by atoms with Gasteiger partial charge in [0.05, 0.1) is 0 Å². The van der Waals surface area contributed by atoms with E-state index in [1.54, 1.807) is 5.56 Å². The molecule has 2 nitrogen and oxygen atoms in total. The summed E-state index contributed by atoms with van der Waals surface area (Å²) in [6.07, 6.45) is 6.88. The quantitative estimate of drug-likeness (QED) is 0.184.